The van der Waals surface area contributed by atoms with Gasteiger partial charge in [0.1, 0.15) is 0 Å². The van der Waals surface area contributed by atoms with Crippen molar-refractivity contribution in [2.75, 3.05) is 11.4 Å². The molecule has 2 N–H and O–H groups in total. The lowest BCUT2D eigenvalue weighted by atomic mass is 10.2. The van der Waals surface area contributed by atoms with E-state index in [2.05, 4.69) is 31.4 Å². The Balaban J connectivity index is 2.06. The number of carbonyl (C=O) groups excluding carboxylic acids is 2. The summed E-state index contributed by atoms with van der Waals surface area (Å²) in [6.45, 7) is 0.344. The lowest BCUT2D eigenvalue weighted by Gasteiger charge is -2.24. The smallest absolute Gasteiger partial charge is 0.278 e. The summed E-state index contributed by atoms with van der Waals surface area (Å²) >= 11 is 3.39. The van der Waals surface area contributed by atoms with Crippen molar-refractivity contribution in [3.8, 4) is 0 Å². The maximum absolute atomic E-state index is 11.8. The molecule has 7 heteroatoms. The highest BCUT2D eigenvalue weighted by Crippen LogP contribution is 2.27. The number of aromatic amines is 1. The van der Waals surface area contributed by atoms with Gasteiger partial charge in [0.25, 0.3) is 0 Å². The molecule has 1 aromatic heterocycles. The highest BCUT2D eigenvalue weighted by atomic mass is 79.9. The summed E-state index contributed by atoms with van der Waals surface area (Å²) in [5, 5.41) is 10.1. The summed E-state index contributed by atoms with van der Waals surface area (Å²) in [5.41, 5.74) is 0.845. The molecular formula is C11H9BrN4O2. The molecule has 0 aliphatic carbocycles. The number of fused-ring (bicyclic) bond motifs is 1. The molecule has 0 bridgehead atoms. The maximum Gasteiger partial charge on any atom is 0.329 e. The highest BCUT2D eigenvalue weighted by molar-refractivity contribution is 9.10. The second-order valence-corrected chi connectivity index (χ2v) is 4.91. The number of imide groups is 1. The summed E-state index contributed by atoms with van der Waals surface area (Å²) in [7, 11) is 0. The standard InChI is InChI=1S/C11H9BrN4O2/c12-6-1-2-8-7(5-6)10(15-14-8)16-4-3-9(17)13-11(16)18/h1-2,5H,3-4H2,(H,14,15)(H,13,17,18). The lowest BCUT2D eigenvalue weighted by Crippen LogP contribution is -2.49. The van der Waals surface area contributed by atoms with Crippen molar-refractivity contribution in [3.63, 3.8) is 0 Å². The molecule has 18 heavy (non-hydrogen) atoms. The van der Waals surface area contributed by atoms with Gasteiger partial charge in [-0.15, -0.1) is 0 Å². The minimum absolute atomic E-state index is 0.253. The van der Waals surface area contributed by atoms with Crippen LogP contribution < -0.4 is 10.2 Å². The first-order valence-electron chi connectivity index (χ1n) is 5.40. The third kappa shape index (κ3) is 1.76. The molecule has 1 aliphatic rings. The van der Waals surface area contributed by atoms with Gasteiger partial charge < -0.3 is 0 Å². The van der Waals surface area contributed by atoms with E-state index in [0.29, 0.717) is 12.4 Å². The fourth-order valence-electron chi connectivity index (χ4n) is 1.94. The first-order chi connectivity index (χ1) is 8.65. The van der Waals surface area contributed by atoms with Crippen LogP contribution in [-0.2, 0) is 4.79 Å². The number of hydrogen-bond acceptors (Lipinski definition) is 3. The van der Waals surface area contributed by atoms with E-state index in [4.69, 9.17) is 0 Å². The SMILES string of the molecule is O=C1CCN(c2n[nH]c3ccc(Br)cc23)C(=O)N1. The summed E-state index contributed by atoms with van der Waals surface area (Å²) in [5.74, 6) is 0.286. The van der Waals surface area contributed by atoms with Crippen LogP contribution in [0.5, 0.6) is 0 Å². The van der Waals surface area contributed by atoms with Gasteiger partial charge in [-0.1, -0.05) is 15.9 Å². The van der Waals surface area contributed by atoms with Gasteiger partial charge in [-0.3, -0.25) is 20.1 Å². The fourth-order valence-corrected chi connectivity index (χ4v) is 2.31. The van der Waals surface area contributed by atoms with E-state index in [9.17, 15) is 9.59 Å². The van der Waals surface area contributed by atoms with Crippen LogP contribution in [0.4, 0.5) is 10.6 Å². The van der Waals surface area contributed by atoms with Crippen LogP contribution >= 0.6 is 15.9 Å². The topological polar surface area (TPSA) is 78.1 Å². The van der Waals surface area contributed by atoms with Gasteiger partial charge in [0, 0.05) is 22.8 Å². The van der Waals surface area contributed by atoms with E-state index in [1.54, 1.807) is 0 Å². The molecule has 0 atom stereocenters. The molecular weight excluding hydrogens is 300 g/mol. The van der Waals surface area contributed by atoms with E-state index in [0.717, 1.165) is 15.4 Å². The Morgan fingerprint density at radius 1 is 1.33 bits per heavy atom. The van der Waals surface area contributed by atoms with Gasteiger partial charge in [0.2, 0.25) is 5.91 Å². The van der Waals surface area contributed by atoms with Gasteiger partial charge >= 0.3 is 6.03 Å². The van der Waals surface area contributed by atoms with Crippen molar-refractivity contribution in [3.05, 3.63) is 22.7 Å². The zero-order chi connectivity index (χ0) is 12.7. The van der Waals surface area contributed by atoms with Crippen molar-refractivity contribution < 1.29 is 9.59 Å². The van der Waals surface area contributed by atoms with Crippen LogP contribution in [0.25, 0.3) is 10.9 Å². The fraction of sp³-hybridized carbons (Fsp3) is 0.182. The van der Waals surface area contributed by atoms with E-state index in [-0.39, 0.29) is 12.3 Å². The van der Waals surface area contributed by atoms with Crippen LogP contribution in [0.3, 0.4) is 0 Å². The second-order valence-electron chi connectivity index (χ2n) is 3.99. The van der Waals surface area contributed by atoms with Crippen molar-refractivity contribution in [2.45, 2.75) is 6.42 Å². The zero-order valence-electron chi connectivity index (χ0n) is 9.24. The molecule has 3 amide bonds. The molecule has 0 unspecified atom stereocenters. The average Bonchev–Trinajstić information content (AvgIpc) is 2.72. The Kier molecular flexibility index (Phi) is 2.55. The first kappa shape index (κ1) is 11.2. The predicted molar refractivity (Wildman–Crippen MR) is 69.3 cm³/mol. The monoisotopic (exact) mass is 308 g/mol. The van der Waals surface area contributed by atoms with Crippen molar-refractivity contribution in [1.82, 2.24) is 15.5 Å². The Labute approximate surface area is 110 Å². The molecule has 92 valence electrons. The van der Waals surface area contributed by atoms with E-state index >= 15 is 0 Å². The zero-order valence-corrected chi connectivity index (χ0v) is 10.8. The van der Waals surface area contributed by atoms with Crippen LogP contribution in [0.2, 0.25) is 0 Å². The molecule has 3 rings (SSSR count). The number of halogens is 1. The number of carbonyl (C=O) groups is 2. The average molecular weight is 309 g/mol. The first-order valence-corrected chi connectivity index (χ1v) is 6.19. The predicted octanol–water partition coefficient (Wildman–Crippen LogP) is 1.77. The number of nitrogens with one attached hydrogen (secondary N) is 2. The van der Waals surface area contributed by atoms with Crippen LogP contribution in [0.15, 0.2) is 22.7 Å². The third-order valence-corrected chi connectivity index (χ3v) is 3.31. The number of urea groups is 1. The van der Waals surface area contributed by atoms with Gasteiger partial charge in [-0.2, -0.15) is 5.10 Å². The number of amides is 3. The van der Waals surface area contributed by atoms with Gasteiger partial charge in [-0.05, 0) is 18.2 Å². The molecule has 1 fully saturated rings. The van der Waals surface area contributed by atoms with Crippen molar-refractivity contribution >= 4 is 44.6 Å². The molecule has 1 aliphatic heterocycles. The lowest BCUT2D eigenvalue weighted by molar-refractivity contribution is -0.120. The summed E-state index contributed by atoms with van der Waals surface area (Å²) < 4.78 is 0.908. The Bertz CT molecular complexity index is 652. The third-order valence-electron chi connectivity index (χ3n) is 2.81. The number of hydrogen-bond donors (Lipinski definition) is 2. The number of H-pyrrole nitrogens is 1. The molecule has 1 saturated heterocycles. The van der Waals surface area contributed by atoms with Crippen LogP contribution in [0, 0.1) is 0 Å². The highest BCUT2D eigenvalue weighted by Gasteiger charge is 2.27. The van der Waals surface area contributed by atoms with E-state index < -0.39 is 6.03 Å². The quantitative estimate of drug-likeness (QED) is 0.843. The molecule has 2 aromatic rings. The van der Waals surface area contributed by atoms with Crippen LogP contribution in [0.1, 0.15) is 6.42 Å². The minimum Gasteiger partial charge on any atom is -0.278 e. The van der Waals surface area contributed by atoms with Gasteiger partial charge in [-0.25, -0.2) is 4.79 Å². The largest absolute Gasteiger partial charge is 0.329 e. The Morgan fingerprint density at radius 2 is 2.17 bits per heavy atom. The number of anilines is 1. The van der Waals surface area contributed by atoms with E-state index in [1.807, 2.05) is 18.2 Å². The molecule has 0 saturated carbocycles. The second kappa shape index (κ2) is 4.09. The minimum atomic E-state index is -0.431. The van der Waals surface area contributed by atoms with Crippen LogP contribution in [-0.4, -0.2) is 28.7 Å². The maximum atomic E-state index is 11.8. The number of nitrogens with zero attached hydrogens (tertiary/aromatic N) is 2. The Morgan fingerprint density at radius 3 is 2.94 bits per heavy atom. The summed E-state index contributed by atoms with van der Waals surface area (Å²) in [4.78, 5) is 24.3. The molecule has 6 nitrogen and oxygen atoms in total. The molecule has 2 heterocycles. The number of aromatic nitrogens is 2. The molecule has 1 aromatic carbocycles. The van der Waals surface area contributed by atoms with Crippen molar-refractivity contribution in [1.29, 1.82) is 0 Å². The summed E-state index contributed by atoms with van der Waals surface area (Å²) in [6.07, 6.45) is 0.286. The Hall–Kier alpha value is -1.89. The number of benzene rings is 1. The molecule has 0 spiro atoms. The van der Waals surface area contributed by atoms with E-state index in [1.165, 1.54) is 4.90 Å². The summed E-state index contributed by atoms with van der Waals surface area (Å²) in [6, 6.07) is 5.23. The normalized spacial score (nSPS) is 16.2. The van der Waals surface area contributed by atoms with Gasteiger partial charge in [0.15, 0.2) is 5.82 Å². The number of rotatable bonds is 1. The van der Waals surface area contributed by atoms with Crippen molar-refractivity contribution in [2.24, 2.45) is 0 Å². The van der Waals surface area contributed by atoms with Gasteiger partial charge in [0.05, 0.1) is 5.52 Å². The molecule has 0 radical (unpaired) electrons.